The summed E-state index contributed by atoms with van der Waals surface area (Å²) in [4.78, 5) is 0. The zero-order valence-electron chi connectivity index (χ0n) is 8.02. The van der Waals surface area contributed by atoms with Crippen molar-refractivity contribution in [2.24, 2.45) is 0 Å². The number of benzene rings is 1. The smallest absolute Gasteiger partial charge is 0.149 e. The molecule has 0 atom stereocenters. The van der Waals surface area contributed by atoms with E-state index in [1.807, 2.05) is 6.92 Å². The first-order chi connectivity index (χ1) is 6.75. The molecule has 0 spiro atoms. The van der Waals surface area contributed by atoms with Crippen molar-refractivity contribution >= 4 is 5.69 Å². The average Bonchev–Trinajstić information content (AvgIpc) is 2.16. The van der Waals surface area contributed by atoms with E-state index < -0.39 is 11.6 Å². The van der Waals surface area contributed by atoms with Crippen LogP contribution in [-0.4, -0.2) is 19.8 Å². The van der Waals surface area contributed by atoms with Crippen LogP contribution in [0.4, 0.5) is 14.5 Å². The van der Waals surface area contributed by atoms with Crippen LogP contribution < -0.4 is 5.32 Å². The fraction of sp³-hybridized carbons (Fsp3) is 0.400. The van der Waals surface area contributed by atoms with Gasteiger partial charge < -0.3 is 10.1 Å². The number of para-hydroxylation sites is 1. The quantitative estimate of drug-likeness (QED) is 0.738. The van der Waals surface area contributed by atoms with E-state index in [1.165, 1.54) is 18.2 Å². The van der Waals surface area contributed by atoms with Crippen LogP contribution in [0.2, 0.25) is 0 Å². The molecule has 2 nitrogen and oxygen atoms in total. The molecular formula is C10H13F2NO. The Morgan fingerprint density at radius 1 is 1.29 bits per heavy atom. The van der Waals surface area contributed by atoms with Gasteiger partial charge in [0.2, 0.25) is 0 Å². The van der Waals surface area contributed by atoms with Crippen LogP contribution in [0.3, 0.4) is 0 Å². The summed E-state index contributed by atoms with van der Waals surface area (Å²) in [5.74, 6) is -1.16. The molecule has 14 heavy (non-hydrogen) atoms. The van der Waals surface area contributed by atoms with E-state index in [0.29, 0.717) is 19.8 Å². The van der Waals surface area contributed by atoms with Crippen LogP contribution >= 0.6 is 0 Å². The second-order valence-corrected chi connectivity index (χ2v) is 2.72. The highest BCUT2D eigenvalue weighted by Crippen LogP contribution is 2.17. The van der Waals surface area contributed by atoms with Gasteiger partial charge in [0, 0.05) is 13.2 Å². The largest absolute Gasteiger partial charge is 0.380 e. The van der Waals surface area contributed by atoms with Crippen molar-refractivity contribution in [2.75, 3.05) is 25.1 Å². The molecule has 0 saturated heterocycles. The van der Waals surface area contributed by atoms with Gasteiger partial charge in [-0.3, -0.25) is 0 Å². The Labute approximate surface area is 81.9 Å². The molecule has 0 radical (unpaired) electrons. The SMILES string of the molecule is CCOCCNc1c(F)cccc1F. The first-order valence-corrected chi connectivity index (χ1v) is 4.51. The molecule has 1 aromatic rings. The predicted octanol–water partition coefficient (Wildman–Crippen LogP) is 2.41. The second kappa shape index (κ2) is 5.54. The summed E-state index contributed by atoms with van der Waals surface area (Å²) in [7, 11) is 0. The van der Waals surface area contributed by atoms with Crippen molar-refractivity contribution in [1.82, 2.24) is 0 Å². The van der Waals surface area contributed by atoms with Crippen molar-refractivity contribution in [3.8, 4) is 0 Å². The van der Waals surface area contributed by atoms with E-state index >= 15 is 0 Å². The van der Waals surface area contributed by atoms with Crippen molar-refractivity contribution in [2.45, 2.75) is 6.92 Å². The minimum atomic E-state index is -0.582. The number of nitrogens with one attached hydrogen (secondary N) is 1. The Kier molecular flexibility index (Phi) is 4.32. The van der Waals surface area contributed by atoms with Crippen LogP contribution in [0.1, 0.15) is 6.92 Å². The van der Waals surface area contributed by atoms with Crippen molar-refractivity contribution < 1.29 is 13.5 Å². The van der Waals surface area contributed by atoms with E-state index in [0.717, 1.165) is 0 Å². The fourth-order valence-corrected chi connectivity index (χ4v) is 1.06. The van der Waals surface area contributed by atoms with Crippen LogP contribution in [0.15, 0.2) is 18.2 Å². The Bertz CT molecular complexity index is 271. The molecule has 78 valence electrons. The Hall–Kier alpha value is -1.16. The third-order valence-electron chi connectivity index (χ3n) is 1.72. The molecular weight excluding hydrogens is 188 g/mol. The molecule has 0 fully saturated rings. The van der Waals surface area contributed by atoms with Crippen molar-refractivity contribution in [1.29, 1.82) is 0 Å². The topological polar surface area (TPSA) is 21.3 Å². The number of hydrogen-bond acceptors (Lipinski definition) is 2. The van der Waals surface area contributed by atoms with Crippen LogP contribution in [-0.2, 0) is 4.74 Å². The van der Waals surface area contributed by atoms with Gasteiger partial charge >= 0.3 is 0 Å². The average molecular weight is 201 g/mol. The van der Waals surface area contributed by atoms with Gasteiger partial charge in [-0.2, -0.15) is 0 Å². The van der Waals surface area contributed by atoms with E-state index in [4.69, 9.17) is 4.74 Å². The van der Waals surface area contributed by atoms with Gasteiger partial charge in [0.1, 0.15) is 17.3 Å². The van der Waals surface area contributed by atoms with Crippen molar-refractivity contribution in [3.63, 3.8) is 0 Å². The molecule has 0 aliphatic carbocycles. The molecule has 0 amide bonds. The maximum Gasteiger partial charge on any atom is 0.149 e. The minimum absolute atomic E-state index is 0.0906. The molecule has 1 N–H and O–H groups in total. The lowest BCUT2D eigenvalue weighted by Crippen LogP contribution is -2.11. The second-order valence-electron chi connectivity index (χ2n) is 2.72. The van der Waals surface area contributed by atoms with E-state index in [9.17, 15) is 8.78 Å². The zero-order chi connectivity index (χ0) is 10.4. The van der Waals surface area contributed by atoms with Gasteiger partial charge in [0.05, 0.1) is 6.61 Å². The number of anilines is 1. The predicted molar refractivity (Wildman–Crippen MR) is 51.3 cm³/mol. The summed E-state index contributed by atoms with van der Waals surface area (Å²) in [6, 6.07) is 3.76. The molecule has 0 saturated carbocycles. The molecule has 0 aliphatic heterocycles. The molecule has 1 rings (SSSR count). The Balaban J connectivity index is 2.49. The highest BCUT2D eigenvalue weighted by atomic mass is 19.1. The first kappa shape index (κ1) is 10.9. The maximum absolute atomic E-state index is 13.0. The van der Waals surface area contributed by atoms with Gasteiger partial charge in [0.15, 0.2) is 0 Å². The molecule has 1 aromatic carbocycles. The van der Waals surface area contributed by atoms with Crippen LogP contribution in [0.25, 0.3) is 0 Å². The third kappa shape index (κ3) is 2.96. The molecule has 0 aromatic heterocycles. The van der Waals surface area contributed by atoms with Gasteiger partial charge in [-0.05, 0) is 19.1 Å². The first-order valence-electron chi connectivity index (χ1n) is 4.51. The van der Waals surface area contributed by atoms with E-state index in [2.05, 4.69) is 5.32 Å². The van der Waals surface area contributed by atoms with Gasteiger partial charge in [0.25, 0.3) is 0 Å². The lowest BCUT2D eigenvalue weighted by molar-refractivity contribution is 0.158. The fourth-order valence-electron chi connectivity index (χ4n) is 1.06. The monoisotopic (exact) mass is 201 g/mol. The zero-order valence-corrected chi connectivity index (χ0v) is 8.02. The standard InChI is InChI=1S/C10H13F2NO/c1-2-14-7-6-13-10-8(11)4-3-5-9(10)12/h3-5,13H,2,6-7H2,1H3. The number of rotatable bonds is 5. The molecule has 0 unspecified atom stereocenters. The molecule has 0 aliphatic rings. The van der Waals surface area contributed by atoms with Gasteiger partial charge in [-0.1, -0.05) is 6.07 Å². The number of halogens is 2. The Morgan fingerprint density at radius 2 is 1.93 bits per heavy atom. The van der Waals surface area contributed by atoms with Crippen LogP contribution in [0.5, 0.6) is 0 Å². The highest BCUT2D eigenvalue weighted by Gasteiger charge is 2.06. The summed E-state index contributed by atoms with van der Waals surface area (Å²) in [6.07, 6.45) is 0. The summed E-state index contributed by atoms with van der Waals surface area (Å²) < 4.78 is 31.1. The molecule has 0 heterocycles. The number of ether oxygens (including phenoxy) is 1. The van der Waals surface area contributed by atoms with Crippen molar-refractivity contribution in [3.05, 3.63) is 29.8 Å². The summed E-state index contributed by atoms with van der Waals surface area (Å²) in [5.41, 5.74) is -0.0906. The normalized spacial score (nSPS) is 10.2. The summed E-state index contributed by atoms with van der Waals surface area (Å²) >= 11 is 0. The summed E-state index contributed by atoms with van der Waals surface area (Å²) in [6.45, 7) is 3.29. The minimum Gasteiger partial charge on any atom is -0.380 e. The molecule has 0 bridgehead atoms. The van der Waals surface area contributed by atoms with Gasteiger partial charge in [-0.25, -0.2) is 8.78 Å². The van der Waals surface area contributed by atoms with Crippen LogP contribution in [0, 0.1) is 11.6 Å². The third-order valence-corrected chi connectivity index (χ3v) is 1.72. The van der Waals surface area contributed by atoms with E-state index in [1.54, 1.807) is 0 Å². The highest BCUT2D eigenvalue weighted by molar-refractivity contribution is 5.45. The molecule has 4 heteroatoms. The maximum atomic E-state index is 13.0. The van der Waals surface area contributed by atoms with Gasteiger partial charge in [-0.15, -0.1) is 0 Å². The van der Waals surface area contributed by atoms with E-state index in [-0.39, 0.29) is 5.69 Å². The summed E-state index contributed by atoms with van der Waals surface area (Å²) in [5, 5.41) is 2.64. The lowest BCUT2D eigenvalue weighted by atomic mass is 10.3. The Morgan fingerprint density at radius 3 is 2.50 bits per heavy atom. The number of hydrogen-bond donors (Lipinski definition) is 1. The lowest BCUT2D eigenvalue weighted by Gasteiger charge is -2.07.